The normalized spacial score (nSPS) is 21.6. The van der Waals surface area contributed by atoms with Crippen LogP contribution in [0.25, 0.3) is 0 Å². The topological polar surface area (TPSA) is 12.5 Å². The number of hydrogen-bond donors (Lipinski definition) is 0. The van der Waals surface area contributed by atoms with Crippen LogP contribution in [0.1, 0.15) is 52.5 Å². The summed E-state index contributed by atoms with van der Waals surface area (Å²) < 4.78 is 5.91. The van der Waals surface area contributed by atoms with Gasteiger partial charge in [-0.3, -0.25) is 4.90 Å². The SMILES string of the molecule is Cc1ccc(OCCN2C(C)(C)CCCC2(C)C)cc1. The van der Waals surface area contributed by atoms with Gasteiger partial charge in [-0.15, -0.1) is 0 Å². The lowest BCUT2D eigenvalue weighted by Gasteiger charge is -2.53. The summed E-state index contributed by atoms with van der Waals surface area (Å²) in [6, 6.07) is 8.32. The van der Waals surface area contributed by atoms with Crippen LogP contribution >= 0.6 is 0 Å². The minimum Gasteiger partial charge on any atom is -0.492 e. The summed E-state index contributed by atoms with van der Waals surface area (Å²) in [7, 11) is 0. The van der Waals surface area contributed by atoms with Crippen LogP contribution in [-0.2, 0) is 0 Å². The van der Waals surface area contributed by atoms with E-state index in [4.69, 9.17) is 4.74 Å². The monoisotopic (exact) mass is 275 g/mol. The third-order valence-corrected chi connectivity index (χ3v) is 4.64. The van der Waals surface area contributed by atoms with Crippen LogP contribution in [0, 0.1) is 6.92 Å². The van der Waals surface area contributed by atoms with Crippen molar-refractivity contribution in [2.45, 2.75) is 65.0 Å². The van der Waals surface area contributed by atoms with Gasteiger partial charge in [0.2, 0.25) is 0 Å². The van der Waals surface area contributed by atoms with Gasteiger partial charge in [0.25, 0.3) is 0 Å². The Kier molecular flexibility index (Phi) is 4.43. The third kappa shape index (κ3) is 3.54. The zero-order valence-corrected chi connectivity index (χ0v) is 13.7. The second-order valence-electron chi connectivity index (χ2n) is 7.29. The molecule has 2 heteroatoms. The average Bonchev–Trinajstić information content (AvgIpc) is 2.34. The lowest BCUT2D eigenvalue weighted by atomic mass is 9.80. The first-order valence-corrected chi connectivity index (χ1v) is 7.78. The molecule has 2 nitrogen and oxygen atoms in total. The van der Waals surface area contributed by atoms with E-state index in [0.717, 1.165) is 18.9 Å². The zero-order chi connectivity index (χ0) is 14.8. The molecule has 0 bridgehead atoms. The predicted octanol–water partition coefficient (Wildman–Crippen LogP) is 4.42. The Morgan fingerprint density at radius 1 is 1.00 bits per heavy atom. The van der Waals surface area contributed by atoms with E-state index >= 15 is 0 Å². The minimum atomic E-state index is 0.276. The summed E-state index contributed by atoms with van der Waals surface area (Å²) in [6.45, 7) is 13.3. The quantitative estimate of drug-likeness (QED) is 0.806. The van der Waals surface area contributed by atoms with Gasteiger partial charge in [-0.1, -0.05) is 17.7 Å². The molecular formula is C18H29NO. The van der Waals surface area contributed by atoms with Gasteiger partial charge in [0.1, 0.15) is 12.4 Å². The van der Waals surface area contributed by atoms with Crippen molar-refractivity contribution in [1.29, 1.82) is 0 Å². The molecule has 1 aliphatic rings. The molecule has 0 radical (unpaired) electrons. The van der Waals surface area contributed by atoms with Gasteiger partial charge in [0, 0.05) is 17.6 Å². The number of benzene rings is 1. The molecule has 20 heavy (non-hydrogen) atoms. The summed E-state index contributed by atoms with van der Waals surface area (Å²) in [4.78, 5) is 2.62. The first-order valence-electron chi connectivity index (χ1n) is 7.78. The van der Waals surface area contributed by atoms with E-state index < -0.39 is 0 Å². The summed E-state index contributed by atoms with van der Waals surface area (Å²) in [5, 5.41) is 0. The molecule has 0 saturated carbocycles. The van der Waals surface area contributed by atoms with E-state index in [2.05, 4.69) is 63.8 Å². The van der Waals surface area contributed by atoms with Crippen LogP contribution in [0.3, 0.4) is 0 Å². The molecule has 1 aromatic carbocycles. The highest BCUT2D eigenvalue weighted by Crippen LogP contribution is 2.37. The fourth-order valence-corrected chi connectivity index (χ4v) is 3.54. The molecule has 1 saturated heterocycles. The van der Waals surface area contributed by atoms with Crippen LogP contribution in [0.5, 0.6) is 5.75 Å². The van der Waals surface area contributed by atoms with Gasteiger partial charge in [-0.2, -0.15) is 0 Å². The molecule has 2 rings (SSSR count). The first-order chi connectivity index (χ1) is 9.31. The van der Waals surface area contributed by atoms with Crippen molar-refractivity contribution in [1.82, 2.24) is 4.90 Å². The van der Waals surface area contributed by atoms with Gasteiger partial charge in [0.15, 0.2) is 0 Å². The van der Waals surface area contributed by atoms with E-state index in [9.17, 15) is 0 Å². The molecule has 1 aromatic rings. The zero-order valence-electron chi connectivity index (χ0n) is 13.7. The lowest BCUT2D eigenvalue weighted by Crippen LogP contribution is -2.59. The highest BCUT2D eigenvalue weighted by molar-refractivity contribution is 5.26. The van der Waals surface area contributed by atoms with Crippen molar-refractivity contribution in [2.24, 2.45) is 0 Å². The number of ether oxygens (including phenoxy) is 1. The van der Waals surface area contributed by atoms with Crippen LogP contribution in [0.2, 0.25) is 0 Å². The van der Waals surface area contributed by atoms with Crippen molar-refractivity contribution >= 4 is 0 Å². The van der Waals surface area contributed by atoms with Crippen molar-refractivity contribution in [2.75, 3.05) is 13.2 Å². The molecule has 0 amide bonds. The molecule has 0 spiro atoms. The average molecular weight is 275 g/mol. The molecule has 0 atom stereocenters. The van der Waals surface area contributed by atoms with Crippen molar-refractivity contribution in [3.63, 3.8) is 0 Å². The van der Waals surface area contributed by atoms with Gasteiger partial charge < -0.3 is 4.74 Å². The molecule has 112 valence electrons. The summed E-state index contributed by atoms with van der Waals surface area (Å²) in [5.41, 5.74) is 1.83. The van der Waals surface area contributed by atoms with E-state index in [1.807, 2.05) is 0 Å². The Morgan fingerprint density at radius 2 is 1.55 bits per heavy atom. The molecule has 0 aliphatic carbocycles. The summed E-state index contributed by atoms with van der Waals surface area (Å²) in [6.07, 6.45) is 3.89. The standard InChI is InChI=1S/C18H29NO/c1-15-7-9-16(10-8-15)20-14-13-19-17(2,3)11-6-12-18(19,4)5/h7-10H,6,11-14H2,1-5H3. The first kappa shape index (κ1) is 15.4. The number of hydrogen-bond acceptors (Lipinski definition) is 2. The fourth-order valence-electron chi connectivity index (χ4n) is 3.54. The largest absolute Gasteiger partial charge is 0.492 e. The lowest BCUT2D eigenvalue weighted by molar-refractivity contribution is -0.0340. The van der Waals surface area contributed by atoms with E-state index in [1.54, 1.807) is 0 Å². The van der Waals surface area contributed by atoms with Crippen LogP contribution in [0.4, 0.5) is 0 Å². The number of rotatable bonds is 4. The molecular weight excluding hydrogens is 246 g/mol. The second-order valence-corrected chi connectivity index (χ2v) is 7.29. The van der Waals surface area contributed by atoms with E-state index in [1.165, 1.54) is 24.8 Å². The van der Waals surface area contributed by atoms with Gasteiger partial charge in [-0.25, -0.2) is 0 Å². The highest BCUT2D eigenvalue weighted by atomic mass is 16.5. The Labute approximate surface area is 124 Å². The highest BCUT2D eigenvalue weighted by Gasteiger charge is 2.40. The Bertz CT molecular complexity index is 417. The maximum atomic E-state index is 5.91. The minimum absolute atomic E-state index is 0.276. The summed E-state index contributed by atoms with van der Waals surface area (Å²) >= 11 is 0. The van der Waals surface area contributed by atoms with Crippen molar-refractivity contribution in [3.05, 3.63) is 29.8 Å². The van der Waals surface area contributed by atoms with Gasteiger partial charge in [0.05, 0.1) is 0 Å². The second kappa shape index (κ2) is 5.77. The van der Waals surface area contributed by atoms with E-state index in [0.29, 0.717) is 0 Å². The predicted molar refractivity (Wildman–Crippen MR) is 85.4 cm³/mol. The van der Waals surface area contributed by atoms with Crippen molar-refractivity contribution < 1.29 is 4.74 Å². The van der Waals surface area contributed by atoms with E-state index in [-0.39, 0.29) is 11.1 Å². The summed E-state index contributed by atoms with van der Waals surface area (Å²) in [5.74, 6) is 0.975. The third-order valence-electron chi connectivity index (χ3n) is 4.64. The molecule has 0 N–H and O–H groups in total. The molecule has 1 fully saturated rings. The molecule has 1 heterocycles. The number of aryl methyl sites for hydroxylation is 1. The maximum Gasteiger partial charge on any atom is 0.119 e. The Hall–Kier alpha value is -1.02. The van der Waals surface area contributed by atoms with Crippen LogP contribution < -0.4 is 4.74 Å². The maximum absolute atomic E-state index is 5.91. The van der Waals surface area contributed by atoms with Crippen LogP contribution in [0.15, 0.2) is 24.3 Å². The van der Waals surface area contributed by atoms with Crippen LogP contribution in [-0.4, -0.2) is 29.1 Å². The van der Waals surface area contributed by atoms with Gasteiger partial charge >= 0.3 is 0 Å². The Morgan fingerprint density at radius 3 is 2.10 bits per heavy atom. The number of piperidine rings is 1. The number of nitrogens with zero attached hydrogens (tertiary/aromatic N) is 1. The molecule has 0 unspecified atom stereocenters. The van der Waals surface area contributed by atoms with Gasteiger partial charge in [-0.05, 0) is 66.0 Å². The molecule has 0 aromatic heterocycles. The van der Waals surface area contributed by atoms with Crippen molar-refractivity contribution in [3.8, 4) is 5.75 Å². The fraction of sp³-hybridized carbons (Fsp3) is 0.667. The number of likely N-dealkylation sites (tertiary alicyclic amines) is 1. The smallest absolute Gasteiger partial charge is 0.119 e. The molecule has 1 aliphatic heterocycles. The Balaban J connectivity index is 1.93.